The summed E-state index contributed by atoms with van der Waals surface area (Å²) in [5.74, 6) is 0. The molecule has 3 heteroatoms. The Labute approximate surface area is 85.7 Å². The van der Waals surface area contributed by atoms with Crippen LogP contribution in [0.5, 0.6) is 0 Å². The average Bonchev–Trinajstić information content (AvgIpc) is 2.08. The predicted octanol–water partition coefficient (Wildman–Crippen LogP) is 2.57. The van der Waals surface area contributed by atoms with E-state index in [0.717, 1.165) is 19.3 Å². The second-order valence-electron chi connectivity index (χ2n) is 3.88. The Hall–Kier alpha value is -0.990. The Bertz CT molecular complexity index is 211. The summed E-state index contributed by atoms with van der Waals surface area (Å²) < 4.78 is 5.29. The van der Waals surface area contributed by atoms with Gasteiger partial charge in [-0.2, -0.15) is 0 Å². The van der Waals surface area contributed by atoms with Crippen LogP contribution in [0, 0.1) is 0 Å². The first kappa shape index (κ1) is 11.1. The summed E-state index contributed by atoms with van der Waals surface area (Å²) in [7, 11) is 3.41. The number of rotatable bonds is 1. The molecular formula is C11H19NO2. The van der Waals surface area contributed by atoms with E-state index < -0.39 is 0 Å². The molecule has 0 radical (unpaired) electrons. The van der Waals surface area contributed by atoms with E-state index in [0.29, 0.717) is 0 Å². The maximum Gasteiger partial charge on any atom is 0.409 e. The first-order valence-corrected chi connectivity index (χ1v) is 5.25. The molecule has 14 heavy (non-hydrogen) atoms. The number of hydrogen-bond acceptors (Lipinski definition) is 2. The maximum absolute atomic E-state index is 11.3. The Morgan fingerprint density at radius 3 is 2.86 bits per heavy atom. The topological polar surface area (TPSA) is 29.5 Å². The van der Waals surface area contributed by atoms with Crippen molar-refractivity contribution in [1.82, 2.24) is 4.90 Å². The van der Waals surface area contributed by atoms with E-state index in [-0.39, 0.29) is 12.2 Å². The largest absolute Gasteiger partial charge is 0.442 e. The Balaban J connectivity index is 2.41. The van der Waals surface area contributed by atoms with E-state index in [1.807, 2.05) is 6.08 Å². The third-order valence-corrected chi connectivity index (χ3v) is 2.33. The summed E-state index contributed by atoms with van der Waals surface area (Å²) in [5, 5.41) is 0. The molecule has 3 nitrogen and oxygen atoms in total. The summed E-state index contributed by atoms with van der Waals surface area (Å²) in [6, 6.07) is 0. The van der Waals surface area contributed by atoms with E-state index in [1.54, 1.807) is 14.1 Å². The zero-order valence-electron chi connectivity index (χ0n) is 9.03. The van der Waals surface area contributed by atoms with Gasteiger partial charge >= 0.3 is 6.09 Å². The predicted molar refractivity (Wildman–Crippen MR) is 56.2 cm³/mol. The third-order valence-electron chi connectivity index (χ3n) is 2.33. The quantitative estimate of drug-likeness (QED) is 0.605. The molecule has 1 unspecified atom stereocenters. The Kier molecular flexibility index (Phi) is 4.50. The molecule has 1 rings (SSSR count). The number of ether oxygens (including phenoxy) is 1. The maximum atomic E-state index is 11.3. The number of carbonyl (C=O) groups excluding carboxylic acids is 1. The molecule has 0 spiro atoms. The van der Waals surface area contributed by atoms with E-state index in [2.05, 4.69) is 6.08 Å². The van der Waals surface area contributed by atoms with Gasteiger partial charge in [0, 0.05) is 14.1 Å². The number of amides is 1. The number of hydrogen-bond donors (Lipinski definition) is 0. The van der Waals surface area contributed by atoms with Crippen LogP contribution in [-0.2, 0) is 4.74 Å². The molecule has 1 atom stereocenters. The lowest BCUT2D eigenvalue weighted by atomic mass is 10.0. The SMILES string of the molecule is CN(C)C(=O)OC1C=CCCCCC1. The zero-order valence-corrected chi connectivity index (χ0v) is 9.03. The fourth-order valence-corrected chi connectivity index (χ4v) is 1.46. The molecule has 80 valence electrons. The molecule has 0 heterocycles. The number of carbonyl (C=O) groups is 1. The fourth-order valence-electron chi connectivity index (χ4n) is 1.46. The second-order valence-corrected chi connectivity index (χ2v) is 3.88. The fraction of sp³-hybridized carbons (Fsp3) is 0.727. The highest BCUT2D eigenvalue weighted by Gasteiger charge is 2.13. The van der Waals surface area contributed by atoms with Gasteiger partial charge in [0.15, 0.2) is 0 Å². The van der Waals surface area contributed by atoms with Crippen LogP contribution in [0.2, 0.25) is 0 Å². The van der Waals surface area contributed by atoms with Crippen LogP contribution in [0.3, 0.4) is 0 Å². The lowest BCUT2D eigenvalue weighted by molar-refractivity contribution is 0.0888. The van der Waals surface area contributed by atoms with Crippen LogP contribution in [0.1, 0.15) is 32.1 Å². The van der Waals surface area contributed by atoms with Crippen LogP contribution in [0.15, 0.2) is 12.2 Å². The van der Waals surface area contributed by atoms with Crippen molar-refractivity contribution in [3.05, 3.63) is 12.2 Å². The normalized spacial score (nSPS) is 22.3. The van der Waals surface area contributed by atoms with Crippen LogP contribution in [0.4, 0.5) is 4.79 Å². The molecule has 0 bridgehead atoms. The molecule has 0 saturated carbocycles. The van der Waals surface area contributed by atoms with Crippen molar-refractivity contribution in [1.29, 1.82) is 0 Å². The average molecular weight is 197 g/mol. The molecule has 0 aromatic rings. The van der Waals surface area contributed by atoms with Gasteiger partial charge in [0.2, 0.25) is 0 Å². The highest BCUT2D eigenvalue weighted by Crippen LogP contribution is 2.14. The smallest absolute Gasteiger partial charge is 0.409 e. The number of allylic oxidation sites excluding steroid dienone is 1. The number of nitrogens with zero attached hydrogens (tertiary/aromatic N) is 1. The van der Waals surface area contributed by atoms with Gasteiger partial charge in [-0.25, -0.2) is 4.79 Å². The van der Waals surface area contributed by atoms with Gasteiger partial charge in [0.1, 0.15) is 6.10 Å². The minimum Gasteiger partial charge on any atom is -0.442 e. The summed E-state index contributed by atoms with van der Waals surface area (Å²) in [6.45, 7) is 0. The van der Waals surface area contributed by atoms with Crippen LogP contribution in [0.25, 0.3) is 0 Å². The zero-order chi connectivity index (χ0) is 10.4. The minimum absolute atomic E-state index is 0.0230. The van der Waals surface area contributed by atoms with E-state index in [9.17, 15) is 4.79 Å². The lowest BCUT2D eigenvalue weighted by Crippen LogP contribution is -2.27. The lowest BCUT2D eigenvalue weighted by Gasteiger charge is -2.18. The standard InChI is InChI=1S/C11H19NO2/c1-12(2)11(13)14-10-8-6-4-3-5-7-9-10/h6,8,10H,3-5,7,9H2,1-2H3. The van der Waals surface area contributed by atoms with Crippen molar-refractivity contribution in [3.63, 3.8) is 0 Å². The third kappa shape index (κ3) is 3.81. The van der Waals surface area contributed by atoms with Gasteiger partial charge < -0.3 is 9.64 Å². The molecule has 0 aromatic carbocycles. The molecule has 1 aliphatic carbocycles. The van der Waals surface area contributed by atoms with Gasteiger partial charge in [0.25, 0.3) is 0 Å². The molecule has 0 N–H and O–H groups in total. The molecule has 1 aliphatic rings. The molecule has 0 fully saturated rings. The van der Waals surface area contributed by atoms with E-state index in [1.165, 1.54) is 17.7 Å². The molecular weight excluding hydrogens is 178 g/mol. The van der Waals surface area contributed by atoms with Gasteiger partial charge in [-0.3, -0.25) is 0 Å². The van der Waals surface area contributed by atoms with Gasteiger partial charge in [-0.15, -0.1) is 0 Å². The molecule has 0 aliphatic heterocycles. The van der Waals surface area contributed by atoms with Crippen LogP contribution < -0.4 is 0 Å². The van der Waals surface area contributed by atoms with Crippen molar-refractivity contribution in [3.8, 4) is 0 Å². The van der Waals surface area contributed by atoms with E-state index >= 15 is 0 Å². The summed E-state index contributed by atoms with van der Waals surface area (Å²) in [5.41, 5.74) is 0. The van der Waals surface area contributed by atoms with Crippen molar-refractivity contribution in [2.24, 2.45) is 0 Å². The molecule has 1 amide bonds. The van der Waals surface area contributed by atoms with Crippen molar-refractivity contribution < 1.29 is 9.53 Å². The highest BCUT2D eigenvalue weighted by atomic mass is 16.6. The van der Waals surface area contributed by atoms with Crippen LogP contribution in [-0.4, -0.2) is 31.2 Å². The second kappa shape index (κ2) is 5.68. The van der Waals surface area contributed by atoms with Gasteiger partial charge in [0.05, 0.1) is 0 Å². The highest BCUT2D eigenvalue weighted by molar-refractivity contribution is 5.67. The minimum atomic E-state index is -0.250. The Morgan fingerprint density at radius 1 is 1.36 bits per heavy atom. The summed E-state index contributed by atoms with van der Waals surface area (Å²) in [6.07, 6.45) is 9.56. The summed E-state index contributed by atoms with van der Waals surface area (Å²) >= 11 is 0. The summed E-state index contributed by atoms with van der Waals surface area (Å²) in [4.78, 5) is 12.7. The first-order chi connectivity index (χ1) is 6.70. The van der Waals surface area contributed by atoms with Crippen LogP contribution >= 0.6 is 0 Å². The van der Waals surface area contributed by atoms with E-state index in [4.69, 9.17) is 4.74 Å². The van der Waals surface area contributed by atoms with Crippen molar-refractivity contribution >= 4 is 6.09 Å². The van der Waals surface area contributed by atoms with Crippen molar-refractivity contribution in [2.75, 3.05) is 14.1 Å². The van der Waals surface area contributed by atoms with Crippen molar-refractivity contribution in [2.45, 2.75) is 38.2 Å². The van der Waals surface area contributed by atoms with Gasteiger partial charge in [-0.1, -0.05) is 12.5 Å². The van der Waals surface area contributed by atoms with Gasteiger partial charge in [-0.05, 0) is 31.8 Å². The molecule has 0 aromatic heterocycles. The first-order valence-electron chi connectivity index (χ1n) is 5.25. The molecule has 0 saturated heterocycles. The monoisotopic (exact) mass is 197 g/mol. The Morgan fingerprint density at radius 2 is 2.14 bits per heavy atom.